The summed E-state index contributed by atoms with van der Waals surface area (Å²) in [6.45, 7) is 0.369. The van der Waals surface area contributed by atoms with Crippen molar-refractivity contribution in [3.05, 3.63) is 62.0 Å². The van der Waals surface area contributed by atoms with E-state index >= 15 is 0 Å². The fraction of sp³-hybridized carbons (Fsp3) is 0.133. The maximum absolute atomic E-state index is 12.4. The topological polar surface area (TPSA) is 46.3 Å². The van der Waals surface area contributed by atoms with Gasteiger partial charge in [-0.1, -0.05) is 35.3 Å². The molecule has 0 aliphatic rings. The van der Waals surface area contributed by atoms with Crippen LogP contribution in [0.1, 0.15) is 15.9 Å². The molecular weight excluding hydrogens is 375 g/mol. The van der Waals surface area contributed by atoms with Gasteiger partial charge in [-0.15, -0.1) is 0 Å². The van der Waals surface area contributed by atoms with E-state index in [2.05, 4.69) is 15.9 Å². The molecule has 2 aromatic rings. The highest BCUT2D eigenvalue weighted by Gasteiger charge is 2.15. The number of hydrogen-bond donors (Lipinski definition) is 1. The van der Waals surface area contributed by atoms with Crippen molar-refractivity contribution in [2.75, 3.05) is 12.8 Å². The second-order valence-corrected chi connectivity index (χ2v) is 6.25. The third-order valence-corrected chi connectivity index (χ3v) is 4.61. The first-order valence-electron chi connectivity index (χ1n) is 6.13. The van der Waals surface area contributed by atoms with Gasteiger partial charge in [0.15, 0.2) is 0 Å². The third-order valence-electron chi connectivity index (χ3n) is 3.03. The Balaban J connectivity index is 2.19. The molecule has 0 aromatic heterocycles. The first-order valence-corrected chi connectivity index (χ1v) is 7.68. The Morgan fingerprint density at radius 1 is 1.29 bits per heavy atom. The molecule has 3 nitrogen and oxygen atoms in total. The average molecular weight is 388 g/mol. The Morgan fingerprint density at radius 3 is 2.67 bits per heavy atom. The predicted molar refractivity (Wildman–Crippen MR) is 90.8 cm³/mol. The summed E-state index contributed by atoms with van der Waals surface area (Å²) >= 11 is 15.4. The molecule has 0 aliphatic heterocycles. The summed E-state index contributed by atoms with van der Waals surface area (Å²) in [6.07, 6.45) is 0. The minimum atomic E-state index is -0.134. The monoisotopic (exact) mass is 386 g/mol. The molecule has 21 heavy (non-hydrogen) atoms. The molecule has 2 aromatic carbocycles. The van der Waals surface area contributed by atoms with E-state index in [-0.39, 0.29) is 5.91 Å². The minimum absolute atomic E-state index is 0.134. The van der Waals surface area contributed by atoms with Gasteiger partial charge in [-0.2, -0.15) is 0 Å². The molecule has 0 saturated heterocycles. The molecule has 0 fully saturated rings. The lowest BCUT2D eigenvalue weighted by Gasteiger charge is -2.18. The lowest BCUT2D eigenvalue weighted by molar-refractivity contribution is 0.0785. The van der Waals surface area contributed by atoms with Crippen LogP contribution >= 0.6 is 39.1 Å². The summed E-state index contributed by atoms with van der Waals surface area (Å²) < 4.78 is 0.764. The van der Waals surface area contributed by atoms with Gasteiger partial charge in [-0.05, 0) is 45.8 Å². The number of anilines is 1. The van der Waals surface area contributed by atoms with Gasteiger partial charge in [-0.25, -0.2) is 0 Å². The fourth-order valence-electron chi connectivity index (χ4n) is 1.90. The number of benzene rings is 2. The molecule has 110 valence electrons. The zero-order valence-electron chi connectivity index (χ0n) is 11.2. The third kappa shape index (κ3) is 3.70. The van der Waals surface area contributed by atoms with Crippen molar-refractivity contribution in [2.45, 2.75) is 6.54 Å². The van der Waals surface area contributed by atoms with E-state index in [1.54, 1.807) is 42.3 Å². The molecule has 0 aliphatic carbocycles. The number of nitrogens with two attached hydrogens (primary N) is 1. The molecule has 0 radical (unpaired) electrons. The van der Waals surface area contributed by atoms with Gasteiger partial charge < -0.3 is 10.6 Å². The van der Waals surface area contributed by atoms with Gasteiger partial charge in [-0.3, -0.25) is 4.79 Å². The fourth-order valence-corrected chi connectivity index (χ4v) is 2.52. The van der Waals surface area contributed by atoms with E-state index in [0.29, 0.717) is 27.8 Å². The van der Waals surface area contributed by atoms with E-state index in [4.69, 9.17) is 28.9 Å². The summed E-state index contributed by atoms with van der Waals surface area (Å²) in [4.78, 5) is 14.0. The molecule has 2 rings (SSSR count). The van der Waals surface area contributed by atoms with E-state index in [1.807, 2.05) is 6.07 Å². The molecule has 0 bridgehead atoms. The summed E-state index contributed by atoms with van der Waals surface area (Å²) in [7, 11) is 1.71. The number of halogens is 3. The van der Waals surface area contributed by atoms with Crippen LogP contribution in [0.15, 0.2) is 40.9 Å². The molecule has 0 atom stereocenters. The van der Waals surface area contributed by atoms with Crippen LogP contribution in [0.2, 0.25) is 10.0 Å². The van der Waals surface area contributed by atoms with Crippen LogP contribution in [-0.4, -0.2) is 17.9 Å². The van der Waals surface area contributed by atoms with Gasteiger partial charge in [0.1, 0.15) is 0 Å². The van der Waals surface area contributed by atoms with E-state index in [1.165, 1.54) is 0 Å². The number of nitrogen functional groups attached to an aromatic ring is 1. The molecule has 6 heteroatoms. The molecular formula is C15H13BrCl2N2O. The van der Waals surface area contributed by atoms with Gasteiger partial charge in [0.2, 0.25) is 0 Å². The van der Waals surface area contributed by atoms with Crippen LogP contribution in [-0.2, 0) is 6.54 Å². The standard InChI is InChI=1S/C15H13BrCl2N2O/c1-20(8-10-3-2-4-12(17)14(10)18)15(21)9-5-6-11(16)13(19)7-9/h2-7H,8,19H2,1H3. The van der Waals surface area contributed by atoms with Gasteiger partial charge in [0, 0.05) is 29.3 Å². The largest absolute Gasteiger partial charge is 0.398 e. The quantitative estimate of drug-likeness (QED) is 0.781. The van der Waals surface area contributed by atoms with Crippen LogP contribution in [0.25, 0.3) is 0 Å². The van der Waals surface area contributed by atoms with E-state index in [9.17, 15) is 4.79 Å². The molecule has 2 N–H and O–H groups in total. The van der Waals surface area contributed by atoms with Gasteiger partial charge in [0.25, 0.3) is 5.91 Å². The highest BCUT2D eigenvalue weighted by molar-refractivity contribution is 9.10. The summed E-state index contributed by atoms with van der Waals surface area (Å²) in [5.74, 6) is -0.134. The van der Waals surface area contributed by atoms with Crippen molar-refractivity contribution in [1.29, 1.82) is 0 Å². The SMILES string of the molecule is CN(Cc1cccc(Cl)c1Cl)C(=O)c1ccc(Br)c(N)c1. The number of carbonyl (C=O) groups excluding carboxylic acids is 1. The van der Waals surface area contributed by atoms with Crippen LogP contribution in [0.4, 0.5) is 5.69 Å². The predicted octanol–water partition coefficient (Wildman–Crippen LogP) is 4.61. The van der Waals surface area contributed by atoms with Crippen molar-refractivity contribution in [3.63, 3.8) is 0 Å². The molecule has 1 amide bonds. The van der Waals surface area contributed by atoms with Crippen molar-refractivity contribution in [3.8, 4) is 0 Å². The number of amides is 1. The van der Waals surface area contributed by atoms with Crippen molar-refractivity contribution in [1.82, 2.24) is 4.90 Å². The highest BCUT2D eigenvalue weighted by Crippen LogP contribution is 2.27. The first-order chi connectivity index (χ1) is 9.90. The number of hydrogen-bond acceptors (Lipinski definition) is 2. The summed E-state index contributed by atoms with van der Waals surface area (Å²) in [5.41, 5.74) is 7.64. The Kier molecular flexibility index (Phi) is 5.14. The summed E-state index contributed by atoms with van der Waals surface area (Å²) in [6, 6.07) is 10.5. The highest BCUT2D eigenvalue weighted by atomic mass is 79.9. The van der Waals surface area contributed by atoms with E-state index < -0.39 is 0 Å². The average Bonchev–Trinajstić information content (AvgIpc) is 2.46. The minimum Gasteiger partial charge on any atom is -0.398 e. The normalized spacial score (nSPS) is 10.5. The lowest BCUT2D eigenvalue weighted by Crippen LogP contribution is -2.26. The van der Waals surface area contributed by atoms with Crippen LogP contribution < -0.4 is 5.73 Å². The molecule has 0 heterocycles. The molecule has 0 saturated carbocycles. The zero-order valence-corrected chi connectivity index (χ0v) is 14.3. The second-order valence-electron chi connectivity index (χ2n) is 4.61. The first kappa shape index (κ1) is 16.1. The lowest BCUT2D eigenvalue weighted by atomic mass is 10.1. The van der Waals surface area contributed by atoms with Gasteiger partial charge in [0.05, 0.1) is 10.0 Å². The maximum atomic E-state index is 12.4. The number of nitrogens with zero attached hydrogens (tertiary/aromatic N) is 1. The van der Waals surface area contributed by atoms with Gasteiger partial charge >= 0.3 is 0 Å². The molecule has 0 spiro atoms. The molecule has 0 unspecified atom stereocenters. The second kappa shape index (κ2) is 6.69. The Labute approximate surface area is 141 Å². The zero-order chi connectivity index (χ0) is 15.6. The maximum Gasteiger partial charge on any atom is 0.253 e. The summed E-state index contributed by atoms with van der Waals surface area (Å²) in [5, 5.41) is 0.942. The van der Waals surface area contributed by atoms with Crippen LogP contribution in [0.5, 0.6) is 0 Å². The van der Waals surface area contributed by atoms with Crippen LogP contribution in [0.3, 0.4) is 0 Å². The number of rotatable bonds is 3. The number of carbonyl (C=O) groups is 1. The van der Waals surface area contributed by atoms with E-state index in [0.717, 1.165) is 10.0 Å². The smallest absolute Gasteiger partial charge is 0.253 e. The van der Waals surface area contributed by atoms with Crippen LogP contribution in [0, 0.1) is 0 Å². The van der Waals surface area contributed by atoms with Crippen molar-refractivity contribution < 1.29 is 4.79 Å². The Hall–Kier alpha value is -1.23. The Morgan fingerprint density at radius 2 is 2.00 bits per heavy atom. The van der Waals surface area contributed by atoms with Crippen molar-refractivity contribution in [2.24, 2.45) is 0 Å². The Bertz CT molecular complexity index is 691. The van der Waals surface area contributed by atoms with Crippen molar-refractivity contribution >= 4 is 50.7 Å².